The highest BCUT2D eigenvalue weighted by Gasteiger charge is 2.20. The molecular weight excluding hydrogens is 386 g/mol. The Hall–Kier alpha value is -3.87. The topological polar surface area (TPSA) is 59.8 Å². The molecule has 0 saturated heterocycles. The van der Waals surface area contributed by atoms with E-state index in [-0.39, 0.29) is 17.3 Å². The van der Waals surface area contributed by atoms with E-state index in [2.05, 4.69) is 15.4 Å². The van der Waals surface area contributed by atoms with Crippen molar-refractivity contribution in [2.45, 2.75) is 13.8 Å². The first-order valence-corrected chi connectivity index (χ1v) is 9.29. The maximum Gasteiger partial charge on any atom is 0.295 e. The van der Waals surface area contributed by atoms with Crippen molar-refractivity contribution in [1.82, 2.24) is 14.8 Å². The van der Waals surface area contributed by atoms with Crippen molar-refractivity contribution in [3.63, 3.8) is 0 Å². The Bertz CT molecular complexity index is 1230. The molecule has 0 aliphatic heterocycles. The number of halogens is 2. The zero-order valence-electron chi connectivity index (χ0n) is 16.4. The summed E-state index contributed by atoms with van der Waals surface area (Å²) in [6, 6.07) is 17.4. The number of amides is 1. The average Bonchev–Trinajstić information content (AvgIpc) is 3.15. The Kier molecular flexibility index (Phi) is 5.10. The second kappa shape index (κ2) is 7.87. The van der Waals surface area contributed by atoms with Crippen LogP contribution in [0.4, 0.5) is 14.5 Å². The number of hydrogen-bond donors (Lipinski definition) is 1. The molecule has 150 valence electrons. The molecule has 0 atom stereocenters. The van der Waals surface area contributed by atoms with E-state index in [0.717, 1.165) is 16.8 Å². The SMILES string of the molecule is Cc1ccc(-n2nc(C(=O)Nc3ccccc3F)nc2-c2ccc(F)cc2)c(C)c1. The molecule has 7 heteroatoms. The van der Waals surface area contributed by atoms with E-state index in [1.165, 1.54) is 35.0 Å². The molecular formula is C23H18F2N4O. The van der Waals surface area contributed by atoms with E-state index in [4.69, 9.17) is 0 Å². The molecule has 5 nitrogen and oxygen atoms in total. The summed E-state index contributed by atoms with van der Waals surface area (Å²) in [5.74, 6) is -1.34. The van der Waals surface area contributed by atoms with Crippen LogP contribution in [0.25, 0.3) is 17.1 Å². The van der Waals surface area contributed by atoms with Gasteiger partial charge in [0, 0.05) is 5.56 Å². The Morgan fingerprint density at radius 1 is 0.967 bits per heavy atom. The molecule has 0 unspecified atom stereocenters. The minimum Gasteiger partial charge on any atom is -0.317 e. The third-order valence-electron chi connectivity index (χ3n) is 4.62. The Balaban J connectivity index is 1.80. The highest BCUT2D eigenvalue weighted by molar-refractivity contribution is 6.01. The van der Waals surface area contributed by atoms with Crippen molar-refractivity contribution < 1.29 is 13.6 Å². The zero-order chi connectivity index (χ0) is 21.3. The fourth-order valence-corrected chi connectivity index (χ4v) is 3.15. The van der Waals surface area contributed by atoms with E-state index in [1.54, 1.807) is 18.2 Å². The van der Waals surface area contributed by atoms with Gasteiger partial charge in [-0.1, -0.05) is 29.8 Å². The first kappa shape index (κ1) is 19.4. The molecule has 0 bridgehead atoms. The summed E-state index contributed by atoms with van der Waals surface area (Å²) in [6.07, 6.45) is 0. The van der Waals surface area contributed by atoms with Crippen molar-refractivity contribution in [1.29, 1.82) is 0 Å². The van der Waals surface area contributed by atoms with Crippen molar-refractivity contribution in [2.75, 3.05) is 5.32 Å². The van der Waals surface area contributed by atoms with Gasteiger partial charge in [-0.15, -0.1) is 5.10 Å². The second-order valence-electron chi connectivity index (χ2n) is 6.90. The summed E-state index contributed by atoms with van der Waals surface area (Å²) >= 11 is 0. The van der Waals surface area contributed by atoms with Gasteiger partial charge >= 0.3 is 0 Å². The van der Waals surface area contributed by atoms with Crippen LogP contribution < -0.4 is 5.32 Å². The van der Waals surface area contributed by atoms with Crippen LogP contribution in [0.5, 0.6) is 0 Å². The number of carbonyl (C=O) groups excluding carboxylic acids is 1. The Morgan fingerprint density at radius 2 is 1.70 bits per heavy atom. The van der Waals surface area contributed by atoms with Gasteiger partial charge in [-0.3, -0.25) is 4.79 Å². The summed E-state index contributed by atoms with van der Waals surface area (Å²) in [5.41, 5.74) is 3.38. The van der Waals surface area contributed by atoms with Crippen molar-refractivity contribution in [2.24, 2.45) is 0 Å². The number of para-hydroxylation sites is 1. The molecule has 4 rings (SSSR count). The van der Waals surface area contributed by atoms with Gasteiger partial charge in [-0.25, -0.2) is 18.4 Å². The minimum atomic E-state index is -0.646. The molecule has 0 saturated carbocycles. The number of nitrogens with one attached hydrogen (secondary N) is 1. The van der Waals surface area contributed by atoms with Gasteiger partial charge in [0.05, 0.1) is 11.4 Å². The van der Waals surface area contributed by atoms with Crippen LogP contribution in [-0.2, 0) is 0 Å². The molecule has 4 aromatic rings. The van der Waals surface area contributed by atoms with Gasteiger partial charge in [0.15, 0.2) is 5.82 Å². The van der Waals surface area contributed by atoms with Gasteiger partial charge in [-0.2, -0.15) is 0 Å². The largest absolute Gasteiger partial charge is 0.317 e. The summed E-state index contributed by atoms with van der Waals surface area (Å²) in [5, 5.41) is 6.86. The lowest BCUT2D eigenvalue weighted by atomic mass is 10.1. The van der Waals surface area contributed by atoms with E-state index in [1.807, 2.05) is 32.0 Å². The number of aromatic nitrogens is 3. The lowest BCUT2D eigenvalue weighted by Gasteiger charge is -2.10. The van der Waals surface area contributed by atoms with Crippen LogP contribution in [0, 0.1) is 25.5 Å². The lowest BCUT2D eigenvalue weighted by Crippen LogP contribution is -2.15. The van der Waals surface area contributed by atoms with Gasteiger partial charge < -0.3 is 5.32 Å². The molecule has 0 radical (unpaired) electrons. The van der Waals surface area contributed by atoms with Gasteiger partial charge in [0.25, 0.3) is 5.91 Å². The first-order chi connectivity index (χ1) is 14.4. The smallest absolute Gasteiger partial charge is 0.295 e. The van der Waals surface area contributed by atoms with Gasteiger partial charge in [0.2, 0.25) is 5.82 Å². The first-order valence-electron chi connectivity index (χ1n) is 9.29. The number of nitrogens with zero attached hydrogens (tertiary/aromatic N) is 3. The van der Waals surface area contributed by atoms with Gasteiger partial charge in [-0.05, 0) is 61.9 Å². The fourth-order valence-electron chi connectivity index (χ4n) is 3.15. The molecule has 1 heterocycles. The quantitative estimate of drug-likeness (QED) is 0.516. The van der Waals surface area contributed by atoms with Crippen molar-refractivity contribution >= 4 is 11.6 Å². The number of hydrogen-bond acceptors (Lipinski definition) is 3. The number of carbonyl (C=O) groups is 1. The third-order valence-corrected chi connectivity index (χ3v) is 4.62. The van der Waals surface area contributed by atoms with Gasteiger partial charge in [0.1, 0.15) is 11.6 Å². The Morgan fingerprint density at radius 3 is 2.40 bits per heavy atom. The maximum atomic E-state index is 13.9. The molecule has 3 aromatic carbocycles. The average molecular weight is 404 g/mol. The van der Waals surface area contributed by atoms with Crippen LogP contribution in [0.1, 0.15) is 21.7 Å². The second-order valence-corrected chi connectivity index (χ2v) is 6.90. The van der Waals surface area contributed by atoms with E-state index >= 15 is 0 Å². The van der Waals surface area contributed by atoms with Crippen LogP contribution in [0.3, 0.4) is 0 Å². The van der Waals surface area contributed by atoms with Crippen molar-refractivity contribution in [3.8, 4) is 17.1 Å². The summed E-state index contributed by atoms with van der Waals surface area (Å²) in [4.78, 5) is 17.1. The van der Waals surface area contributed by atoms with E-state index < -0.39 is 11.7 Å². The molecule has 0 aliphatic carbocycles. The van der Waals surface area contributed by atoms with E-state index in [0.29, 0.717) is 11.4 Å². The Labute approximate surface area is 172 Å². The molecule has 0 spiro atoms. The monoisotopic (exact) mass is 404 g/mol. The molecule has 1 N–H and O–H groups in total. The fraction of sp³-hybridized carbons (Fsp3) is 0.0870. The predicted octanol–water partition coefficient (Wildman–Crippen LogP) is 5.08. The van der Waals surface area contributed by atoms with Crippen LogP contribution in [0.15, 0.2) is 66.7 Å². The van der Waals surface area contributed by atoms with Crippen molar-refractivity contribution in [3.05, 3.63) is 95.3 Å². The van der Waals surface area contributed by atoms with E-state index in [9.17, 15) is 13.6 Å². The van der Waals surface area contributed by atoms with Crippen LogP contribution >= 0.6 is 0 Å². The molecule has 0 fully saturated rings. The predicted molar refractivity (Wildman–Crippen MR) is 111 cm³/mol. The maximum absolute atomic E-state index is 13.9. The normalized spacial score (nSPS) is 10.8. The van der Waals surface area contributed by atoms with Crippen LogP contribution in [0.2, 0.25) is 0 Å². The number of anilines is 1. The number of rotatable bonds is 4. The van der Waals surface area contributed by atoms with Crippen LogP contribution in [-0.4, -0.2) is 20.7 Å². The standard InChI is InChI=1S/C23H18F2N4O/c1-14-7-12-20(15(2)13-14)29-22(16-8-10-17(24)11-9-16)27-21(28-29)23(30)26-19-6-4-3-5-18(19)25/h3-13H,1-2H3,(H,26,30). The number of benzene rings is 3. The summed E-state index contributed by atoms with van der Waals surface area (Å²) in [6.45, 7) is 3.91. The molecule has 0 aliphatic rings. The highest BCUT2D eigenvalue weighted by atomic mass is 19.1. The minimum absolute atomic E-state index is 0.0358. The highest BCUT2D eigenvalue weighted by Crippen LogP contribution is 2.24. The third kappa shape index (κ3) is 3.82. The lowest BCUT2D eigenvalue weighted by molar-refractivity contribution is 0.101. The molecule has 1 amide bonds. The summed E-state index contributed by atoms with van der Waals surface area (Å²) in [7, 11) is 0. The zero-order valence-corrected chi connectivity index (χ0v) is 16.4. The molecule has 1 aromatic heterocycles. The summed E-state index contributed by atoms with van der Waals surface area (Å²) < 4.78 is 28.9. The number of aryl methyl sites for hydroxylation is 2. The molecule has 30 heavy (non-hydrogen) atoms.